The summed E-state index contributed by atoms with van der Waals surface area (Å²) < 4.78 is 6.35. The van der Waals surface area contributed by atoms with E-state index in [1.807, 2.05) is 42.5 Å². The van der Waals surface area contributed by atoms with E-state index < -0.39 is 0 Å². The fraction of sp³-hybridized carbons (Fsp3) is 0.320. The Morgan fingerprint density at radius 3 is 2.81 bits per heavy atom. The van der Waals surface area contributed by atoms with Gasteiger partial charge in [-0.15, -0.1) is 6.42 Å². The number of hydrogen-bond acceptors (Lipinski definition) is 7. The van der Waals surface area contributed by atoms with Gasteiger partial charge in [-0.25, -0.2) is 9.97 Å². The van der Waals surface area contributed by atoms with Crippen LogP contribution in [0.25, 0.3) is 10.9 Å². The van der Waals surface area contributed by atoms with E-state index in [9.17, 15) is 0 Å². The summed E-state index contributed by atoms with van der Waals surface area (Å²) in [7, 11) is 4.11. The first-order valence-electron chi connectivity index (χ1n) is 10.8. The second-order valence-corrected chi connectivity index (χ2v) is 8.53. The zero-order chi connectivity index (χ0) is 22.1. The zero-order valence-corrected chi connectivity index (χ0v) is 18.3. The van der Waals surface area contributed by atoms with Crippen molar-refractivity contribution in [3.63, 3.8) is 0 Å². The number of benzene rings is 2. The summed E-state index contributed by atoms with van der Waals surface area (Å²) in [4.78, 5) is 11.4. The summed E-state index contributed by atoms with van der Waals surface area (Å²) in [5.41, 5.74) is 3.71. The van der Waals surface area contributed by atoms with Crippen LogP contribution in [0.15, 0.2) is 47.7 Å². The summed E-state index contributed by atoms with van der Waals surface area (Å²) in [6, 6.07) is 12.0. The molecule has 1 fully saturated rings. The van der Waals surface area contributed by atoms with Gasteiger partial charge in [-0.1, -0.05) is 5.92 Å². The number of terminal acetylenes is 1. The Labute approximate surface area is 188 Å². The van der Waals surface area contributed by atoms with E-state index in [0.29, 0.717) is 5.95 Å². The average Bonchev–Trinajstić information content (AvgIpc) is 3.41. The molecule has 2 aliphatic rings. The highest BCUT2D eigenvalue weighted by molar-refractivity contribution is 5.81. The van der Waals surface area contributed by atoms with Gasteiger partial charge >= 0.3 is 0 Å². The van der Waals surface area contributed by atoms with Crippen molar-refractivity contribution in [1.82, 2.24) is 19.9 Å². The molecule has 5 rings (SSSR count). The predicted molar refractivity (Wildman–Crippen MR) is 128 cm³/mol. The highest BCUT2D eigenvalue weighted by atomic mass is 16.5. The van der Waals surface area contributed by atoms with E-state index in [1.165, 1.54) is 0 Å². The monoisotopic (exact) mass is 426 g/mol. The first-order chi connectivity index (χ1) is 15.6. The maximum absolute atomic E-state index is 6.35. The molecule has 0 spiro atoms. The highest BCUT2D eigenvalue weighted by Crippen LogP contribution is 2.30. The third-order valence-electron chi connectivity index (χ3n) is 5.92. The Balaban J connectivity index is 1.44. The summed E-state index contributed by atoms with van der Waals surface area (Å²) in [6.45, 7) is 2.84. The average molecular weight is 427 g/mol. The second kappa shape index (κ2) is 8.48. The summed E-state index contributed by atoms with van der Waals surface area (Å²) in [5, 5.41) is 10.6. The van der Waals surface area contributed by atoms with Crippen molar-refractivity contribution in [2.75, 3.05) is 39.0 Å². The van der Waals surface area contributed by atoms with E-state index in [-0.39, 0.29) is 12.0 Å². The molecule has 1 N–H and O–H groups in total. The molecule has 3 aromatic rings. The van der Waals surface area contributed by atoms with Crippen molar-refractivity contribution >= 4 is 28.8 Å². The molecule has 2 atom stereocenters. The third-order valence-corrected chi connectivity index (χ3v) is 5.92. The second-order valence-electron chi connectivity index (χ2n) is 8.53. The number of aromatic nitrogens is 2. The summed E-state index contributed by atoms with van der Waals surface area (Å²) in [5.74, 6) is 4.25. The van der Waals surface area contributed by atoms with Crippen LogP contribution in [-0.4, -0.2) is 65.9 Å². The van der Waals surface area contributed by atoms with Crippen LogP contribution in [0, 0.1) is 12.3 Å². The maximum atomic E-state index is 6.35. The minimum absolute atomic E-state index is 0.199. The molecule has 32 heavy (non-hydrogen) atoms. The fourth-order valence-electron chi connectivity index (χ4n) is 4.24. The normalized spacial score (nSPS) is 20.6. The lowest BCUT2D eigenvalue weighted by Crippen LogP contribution is -2.21. The molecule has 1 unspecified atom stereocenters. The molecule has 7 heteroatoms. The van der Waals surface area contributed by atoms with Crippen molar-refractivity contribution in [2.24, 2.45) is 5.10 Å². The van der Waals surface area contributed by atoms with Gasteiger partial charge in [-0.2, -0.15) is 5.10 Å². The molecular weight excluding hydrogens is 400 g/mol. The Morgan fingerprint density at radius 1 is 1.16 bits per heavy atom. The summed E-state index contributed by atoms with van der Waals surface area (Å²) >= 11 is 0. The van der Waals surface area contributed by atoms with E-state index in [1.54, 1.807) is 6.20 Å². The molecule has 1 saturated heterocycles. The van der Waals surface area contributed by atoms with Crippen molar-refractivity contribution in [3.8, 4) is 18.1 Å². The molecule has 162 valence electrons. The number of anilines is 2. The quantitative estimate of drug-likeness (QED) is 0.631. The first kappa shape index (κ1) is 20.3. The van der Waals surface area contributed by atoms with Crippen LogP contribution >= 0.6 is 0 Å². The van der Waals surface area contributed by atoms with Crippen molar-refractivity contribution in [3.05, 3.63) is 53.7 Å². The Kier molecular flexibility index (Phi) is 5.38. The maximum Gasteiger partial charge on any atom is 0.227 e. The lowest BCUT2D eigenvalue weighted by molar-refractivity contribution is 0.208. The van der Waals surface area contributed by atoms with Crippen LogP contribution < -0.4 is 10.1 Å². The zero-order valence-electron chi connectivity index (χ0n) is 18.3. The number of nitrogens with one attached hydrogen (secondary N) is 1. The highest BCUT2D eigenvalue weighted by Gasteiger charge is 2.23. The molecule has 0 radical (unpaired) electrons. The number of likely N-dealkylation sites (N-methyl/N-ethyl adjacent to an activating group) is 2. The van der Waals surface area contributed by atoms with Crippen LogP contribution in [0.4, 0.5) is 11.6 Å². The number of hydrogen-bond donors (Lipinski definition) is 1. The van der Waals surface area contributed by atoms with Gasteiger partial charge in [0.05, 0.1) is 5.52 Å². The minimum Gasteiger partial charge on any atom is -0.489 e. The van der Waals surface area contributed by atoms with E-state index >= 15 is 0 Å². The Bertz CT molecular complexity index is 1220. The van der Waals surface area contributed by atoms with E-state index in [2.05, 4.69) is 50.4 Å². The van der Waals surface area contributed by atoms with Crippen molar-refractivity contribution in [1.29, 1.82) is 0 Å². The molecule has 3 heterocycles. The molecule has 0 bridgehead atoms. The topological polar surface area (TPSA) is 65.9 Å². The number of likely N-dealkylation sites (tertiary alicyclic amines) is 1. The molecule has 7 nitrogen and oxygen atoms in total. The number of rotatable bonds is 5. The molecule has 0 amide bonds. The van der Waals surface area contributed by atoms with Crippen LogP contribution in [0.2, 0.25) is 0 Å². The smallest absolute Gasteiger partial charge is 0.227 e. The number of hydrazone groups is 1. The van der Waals surface area contributed by atoms with Crippen molar-refractivity contribution in [2.45, 2.75) is 18.4 Å². The van der Waals surface area contributed by atoms with Crippen molar-refractivity contribution < 1.29 is 4.74 Å². The molecule has 0 aliphatic carbocycles. The van der Waals surface area contributed by atoms with Gasteiger partial charge in [0.25, 0.3) is 0 Å². The van der Waals surface area contributed by atoms with Crippen LogP contribution in [-0.2, 0) is 0 Å². The van der Waals surface area contributed by atoms with E-state index in [0.717, 1.165) is 59.5 Å². The molecule has 2 aromatic carbocycles. The van der Waals surface area contributed by atoms with Gasteiger partial charge in [0, 0.05) is 67.7 Å². The Morgan fingerprint density at radius 2 is 2.06 bits per heavy atom. The lowest BCUT2D eigenvalue weighted by atomic mass is 10.00. The fourth-order valence-corrected chi connectivity index (χ4v) is 4.24. The summed E-state index contributed by atoms with van der Waals surface area (Å²) in [6.07, 6.45) is 10.5. The molecule has 2 aliphatic heterocycles. The van der Waals surface area contributed by atoms with Gasteiger partial charge in [0.15, 0.2) is 0 Å². The van der Waals surface area contributed by atoms with E-state index in [4.69, 9.17) is 11.2 Å². The molecule has 0 saturated carbocycles. The number of fused-ring (bicyclic) bond motifs is 1. The van der Waals surface area contributed by atoms with Gasteiger partial charge in [0.1, 0.15) is 11.9 Å². The third kappa shape index (κ3) is 4.36. The SMILES string of the molecule is C#Cc1ccc2nc(Nc3cc(O[C@H]4CCN(C)C4)cc(C4C=NN(C)C4)c3)ncc2c1. The standard InChI is InChI=1S/C25H26N6O/c1-4-17-5-6-24-19(9-17)13-26-25(29-24)28-21-10-18(20-14-27-31(3)15-20)11-23(12-21)32-22-7-8-30(2)16-22/h1,5-6,9-14,20,22H,7-8,15-16H2,2-3H3,(H,26,28,29)/t20?,22-/m0/s1. The van der Waals surface area contributed by atoms with Gasteiger partial charge in [0.2, 0.25) is 5.95 Å². The molecule has 1 aromatic heterocycles. The predicted octanol–water partition coefficient (Wildman–Crippen LogP) is 3.45. The first-order valence-corrected chi connectivity index (χ1v) is 10.8. The number of nitrogens with zero attached hydrogens (tertiary/aromatic N) is 5. The Hall–Kier alpha value is -3.63. The number of ether oxygens (including phenoxy) is 1. The van der Waals surface area contributed by atoms with Gasteiger partial charge in [-0.05, 0) is 49.4 Å². The van der Waals surface area contributed by atoms with Crippen LogP contribution in [0.3, 0.4) is 0 Å². The van der Waals surface area contributed by atoms with Crippen LogP contribution in [0.5, 0.6) is 5.75 Å². The minimum atomic E-state index is 0.199. The van der Waals surface area contributed by atoms with Gasteiger partial charge in [-0.3, -0.25) is 5.01 Å². The van der Waals surface area contributed by atoms with Gasteiger partial charge < -0.3 is 15.0 Å². The van der Waals surface area contributed by atoms with Crippen LogP contribution in [0.1, 0.15) is 23.5 Å². The molecular formula is C25H26N6O. The largest absolute Gasteiger partial charge is 0.489 e. The lowest BCUT2D eigenvalue weighted by Gasteiger charge is -2.18.